The molecule has 2 nitrogen and oxygen atoms in total. The maximum atomic E-state index is 6.47. The van der Waals surface area contributed by atoms with Crippen molar-refractivity contribution < 1.29 is 4.74 Å². The van der Waals surface area contributed by atoms with E-state index in [0.717, 1.165) is 19.1 Å². The first-order chi connectivity index (χ1) is 10.0. The Balaban J connectivity index is 2.15. The second-order valence-corrected chi connectivity index (χ2v) is 8.10. The summed E-state index contributed by atoms with van der Waals surface area (Å²) in [4.78, 5) is 0. The summed E-state index contributed by atoms with van der Waals surface area (Å²) in [5, 5.41) is 3.85. The number of nitrogens with one attached hydrogen (secondary N) is 1. The van der Waals surface area contributed by atoms with Crippen molar-refractivity contribution in [2.75, 3.05) is 13.2 Å². The molecule has 0 aromatic rings. The standard InChI is InChI=1S/C19H37NO/c1-5-20-17(16-10-8-7-9-11-16)19(21-6-2)14-12-18(3,4)13-15-19/h16-17,20H,5-15H2,1-4H3. The molecule has 0 radical (unpaired) electrons. The summed E-state index contributed by atoms with van der Waals surface area (Å²) < 4.78 is 6.47. The van der Waals surface area contributed by atoms with E-state index in [4.69, 9.17) is 4.74 Å². The van der Waals surface area contributed by atoms with Crippen molar-refractivity contribution in [3.63, 3.8) is 0 Å². The molecular weight excluding hydrogens is 258 g/mol. The molecule has 21 heavy (non-hydrogen) atoms. The van der Waals surface area contributed by atoms with Crippen molar-refractivity contribution in [2.24, 2.45) is 11.3 Å². The molecule has 2 heteroatoms. The molecule has 2 aliphatic rings. The van der Waals surface area contributed by atoms with E-state index in [-0.39, 0.29) is 5.60 Å². The average molecular weight is 296 g/mol. The average Bonchev–Trinajstić information content (AvgIpc) is 2.49. The summed E-state index contributed by atoms with van der Waals surface area (Å²) in [6.45, 7) is 11.2. The summed E-state index contributed by atoms with van der Waals surface area (Å²) in [5.41, 5.74) is 0.603. The fourth-order valence-corrected chi connectivity index (χ4v) is 4.65. The van der Waals surface area contributed by atoms with Gasteiger partial charge in [0.25, 0.3) is 0 Å². The minimum absolute atomic E-state index is 0.0995. The van der Waals surface area contributed by atoms with Gasteiger partial charge in [0.1, 0.15) is 0 Å². The van der Waals surface area contributed by atoms with E-state index in [2.05, 4.69) is 33.0 Å². The molecule has 2 fully saturated rings. The molecule has 0 saturated heterocycles. The van der Waals surface area contributed by atoms with Gasteiger partial charge in [-0.2, -0.15) is 0 Å². The molecule has 0 amide bonds. The Morgan fingerprint density at radius 2 is 1.62 bits per heavy atom. The zero-order valence-electron chi connectivity index (χ0n) is 14.8. The van der Waals surface area contributed by atoms with Gasteiger partial charge in [-0.05, 0) is 63.3 Å². The van der Waals surface area contributed by atoms with Crippen LogP contribution < -0.4 is 5.32 Å². The van der Waals surface area contributed by atoms with Gasteiger partial charge >= 0.3 is 0 Å². The summed E-state index contributed by atoms with van der Waals surface area (Å²) >= 11 is 0. The smallest absolute Gasteiger partial charge is 0.0837 e. The third kappa shape index (κ3) is 4.22. The fourth-order valence-electron chi connectivity index (χ4n) is 4.65. The highest BCUT2D eigenvalue weighted by Crippen LogP contribution is 2.46. The predicted molar refractivity (Wildman–Crippen MR) is 90.6 cm³/mol. The van der Waals surface area contributed by atoms with Crippen LogP contribution in [0.3, 0.4) is 0 Å². The first kappa shape index (κ1) is 17.3. The van der Waals surface area contributed by atoms with Gasteiger partial charge in [-0.3, -0.25) is 0 Å². The predicted octanol–water partition coefficient (Wildman–Crippen LogP) is 4.92. The van der Waals surface area contributed by atoms with Gasteiger partial charge < -0.3 is 10.1 Å². The molecule has 2 saturated carbocycles. The van der Waals surface area contributed by atoms with Crippen molar-refractivity contribution >= 4 is 0 Å². The first-order valence-corrected chi connectivity index (χ1v) is 9.40. The van der Waals surface area contributed by atoms with E-state index in [1.807, 2.05) is 0 Å². The van der Waals surface area contributed by atoms with Crippen LogP contribution in [-0.2, 0) is 4.74 Å². The number of likely N-dealkylation sites (N-methyl/N-ethyl adjacent to an activating group) is 1. The molecule has 2 rings (SSSR count). The summed E-state index contributed by atoms with van der Waals surface area (Å²) in [7, 11) is 0. The van der Waals surface area contributed by atoms with Crippen LogP contribution in [0.5, 0.6) is 0 Å². The van der Waals surface area contributed by atoms with Crippen LogP contribution in [0.1, 0.15) is 85.5 Å². The minimum Gasteiger partial charge on any atom is -0.374 e. The lowest BCUT2D eigenvalue weighted by Crippen LogP contribution is -2.58. The van der Waals surface area contributed by atoms with E-state index in [1.165, 1.54) is 57.8 Å². The van der Waals surface area contributed by atoms with Gasteiger partial charge in [0.15, 0.2) is 0 Å². The minimum atomic E-state index is 0.0995. The third-order valence-electron chi connectivity index (χ3n) is 5.99. The van der Waals surface area contributed by atoms with Crippen LogP contribution in [0.2, 0.25) is 0 Å². The van der Waals surface area contributed by atoms with E-state index >= 15 is 0 Å². The van der Waals surface area contributed by atoms with Gasteiger partial charge in [0.05, 0.1) is 5.60 Å². The molecular formula is C19H37NO. The Morgan fingerprint density at radius 3 is 2.14 bits per heavy atom. The third-order valence-corrected chi connectivity index (χ3v) is 5.99. The van der Waals surface area contributed by atoms with E-state index in [0.29, 0.717) is 11.5 Å². The van der Waals surface area contributed by atoms with Crippen LogP contribution in [0.25, 0.3) is 0 Å². The molecule has 0 bridgehead atoms. The number of rotatable bonds is 6. The Labute approximate surface area is 132 Å². The SMILES string of the molecule is CCNC(C1CCCCC1)C1(OCC)CCC(C)(C)CC1. The van der Waals surface area contributed by atoms with Crippen LogP contribution in [0.4, 0.5) is 0 Å². The second-order valence-electron chi connectivity index (χ2n) is 8.10. The highest BCUT2D eigenvalue weighted by Gasteiger charge is 2.47. The zero-order chi connectivity index (χ0) is 15.3. The molecule has 1 atom stereocenters. The lowest BCUT2D eigenvalue weighted by molar-refractivity contribution is -0.120. The van der Waals surface area contributed by atoms with E-state index < -0.39 is 0 Å². The maximum Gasteiger partial charge on any atom is 0.0837 e. The van der Waals surface area contributed by atoms with Crippen LogP contribution in [-0.4, -0.2) is 24.8 Å². The largest absolute Gasteiger partial charge is 0.374 e. The molecule has 1 N–H and O–H groups in total. The van der Waals surface area contributed by atoms with Crippen molar-refractivity contribution in [2.45, 2.75) is 97.1 Å². The fraction of sp³-hybridized carbons (Fsp3) is 1.00. The second kappa shape index (κ2) is 7.46. The molecule has 1 unspecified atom stereocenters. The first-order valence-electron chi connectivity index (χ1n) is 9.40. The van der Waals surface area contributed by atoms with Gasteiger partial charge in [0.2, 0.25) is 0 Å². The molecule has 0 aliphatic heterocycles. The van der Waals surface area contributed by atoms with Crippen molar-refractivity contribution in [1.29, 1.82) is 0 Å². The number of hydrogen-bond acceptors (Lipinski definition) is 2. The summed E-state index contributed by atoms with van der Waals surface area (Å²) in [6, 6.07) is 0.568. The van der Waals surface area contributed by atoms with Gasteiger partial charge in [-0.25, -0.2) is 0 Å². The lowest BCUT2D eigenvalue weighted by atomic mass is 9.65. The number of ether oxygens (including phenoxy) is 1. The Bertz CT molecular complexity index is 297. The van der Waals surface area contributed by atoms with Crippen molar-refractivity contribution in [1.82, 2.24) is 5.32 Å². The zero-order valence-corrected chi connectivity index (χ0v) is 14.8. The van der Waals surface area contributed by atoms with Gasteiger partial charge in [-0.1, -0.05) is 40.0 Å². The maximum absolute atomic E-state index is 6.47. The highest BCUT2D eigenvalue weighted by atomic mass is 16.5. The van der Waals surface area contributed by atoms with Crippen molar-refractivity contribution in [3.8, 4) is 0 Å². The van der Waals surface area contributed by atoms with E-state index in [1.54, 1.807) is 0 Å². The van der Waals surface area contributed by atoms with E-state index in [9.17, 15) is 0 Å². The Morgan fingerprint density at radius 1 is 1.00 bits per heavy atom. The lowest BCUT2D eigenvalue weighted by Gasteiger charge is -2.50. The highest BCUT2D eigenvalue weighted by molar-refractivity contribution is 5.01. The topological polar surface area (TPSA) is 21.3 Å². The molecule has 0 heterocycles. The summed E-state index contributed by atoms with van der Waals surface area (Å²) in [5.74, 6) is 0.825. The molecule has 0 aromatic carbocycles. The quantitative estimate of drug-likeness (QED) is 0.751. The number of hydrogen-bond donors (Lipinski definition) is 1. The van der Waals surface area contributed by atoms with Gasteiger partial charge in [-0.15, -0.1) is 0 Å². The Kier molecular flexibility index (Phi) is 6.14. The molecule has 124 valence electrons. The van der Waals surface area contributed by atoms with Gasteiger partial charge in [0, 0.05) is 12.6 Å². The molecule has 0 spiro atoms. The molecule has 0 aromatic heterocycles. The normalized spacial score (nSPS) is 27.4. The Hall–Kier alpha value is -0.0800. The van der Waals surface area contributed by atoms with Crippen LogP contribution in [0, 0.1) is 11.3 Å². The van der Waals surface area contributed by atoms with Crippen LogP contribution >= 0.6 is 0 Å². The monoisotopic (exact) mass is 295 g/mol. The molecule has 2 aliphatic carbocycles. The van der Waals surface area contributed by atoms with Crippen molar-refractivity contribution in [3.05, 3.63) is 0 Å². The van der Waals surface area contributed by atoms with Crippen LogP contribution in [0.15, 0.2) is 0 Å². The summed E-state index contributed by atoms with van der Waals surface area (Å²) in [6.07, 6.45) is 12.2.